The Kier molecular flexibility index (Phi) is 7.24. The van der Waals surface area contributed by atoms with E-state index < -0.39 is 6.61 Å². The standard InChI is InChI=1S/C24H30N2O4/c1-17-13-25(24(29)12-20-5-4-6-22(11-20)30-3)14-18(2)26(17)15-19-7-9-21(10-8-19)23(28)16-27/h4-11,17-18,27H,12-16H2,1-3H3/t17-,18+. The van der Waals surface area contributed by atoms with Crippen molar-refractivity contribution in [2.45, 2.75) is 38.9 Å². The number of rotatable bonds is 7. The van der Waals surface area contributed by atoms with Crippen LogP contribution in [0.1, 0.15) is 35.3 Å². The molecule has 0 saturated carbocycles. The monoisotopic (exact) mass is 410 g/mol. The Morgan fingerprint density at radius 1 is 1.03 bits per heavy atom. The number of benzene rings is 2. The molecule has 0 unspecified atom stereocenters. The van der Waals surface area contributed by atoms with Crippen LogP contribution in [0.5, 0.6) is 5.75 Å². The molecule has 0 spiro atoms. The number of ketones is 1. The van der Waals surface area contributed by atoms with Crippen LogP contribution in [0.4, 0.5) is 0 Å². The largest absolute Gasteiger partial charge is 0.497 e. The van der Waals surface area contributed by atoms with E-state index in [1.54, 1.807) is 19.2 Å². The fraction of sp³-hybridized carbons (Fsp3) is 0.417. The molecule has 30 heavy (non-hydrogen) atoms. The van der Waals surface area contributed by atoms with E-state index in [1.807, 2.05) is 41.3 Å². The number of carbonyl (C=O) groups is 2. The second-order valence-electron chi connectivity index (χ2n) is 7.98. The molecule has 1 aliphatic rings. The van der Waals surface area contributed by atoms with Gasteiger partial charge in [0.2, 0.25) is 5.91 Å². The summed E-state index contributed by atoms with van der Waals surface area (Å²) in [5.74, 6) is 0.624. The number of Topliss-reactive ketones (excluding diaryl/α,β-unsaturated/α-hetero) is 1. The molecule has 1 heterocycles. The van der Waals surface area contributed by atoms with Crippen molar-refractivity contribution >= 4 is 11.7 Å². The Hall–Kier alpha value is -2.70. The number of piperazine rings is 1. The molecule has 0 radical (unpaired) electrons. The van der Waals surface area contributed by atoms with Gasteiger partial charge >= 0.3 is 0 Å². The highest BCUT2D eigenvalue weighted by molar-refractivity contribution is 5.96. The maximum atomic E-state index is 12.9. The van der Waals surface area contributed by atoms with Gasteiger partial charge in [0, 0.05) is 37.3 Å². The van der Waals surface area contributed by atoms with E-state index in [9.17, 15) is 9.59 Å². The summed E-state index contributed by atoms with van der Waals surface area (Å²) in [5, 5.41) is 8.98. The van der Waals surface area contributed by atoms with Crippen molar-refractivity contribution in [3.8, 4) is 5.75 Å². The van der Waals surface area contributed by atoms with Gasteiger partial charge in [-0.1, -0.05) is 36.4 Å². The van der Waals surface area contributed by atoms with E-state index in [4.69, 9.17) is 9.84 Å². The molecule has 1 N–H and O–H groups in total. The molecule has 2 atom stereocenters. The van der Waals surface area contributed by atoms with Crippen molar-refractivity contribution < 1.29 is 19.4 Å². The van der Waals surface area contributed by atoms with Gasteiger partial charge in [-0.15, -0.1) is 0 Å². The normalized spacial score (nSPS) is 19.5. The lowest BCUT2D eigenvalue weighted by Gasteiger charge is -2.44. The van der Waals surface area contributed by atoms with Gasteiger partial charge in [0.15, 0.2) is 5.78 Å². The predicted molar refractivity (Wildman–Crippen MR) is 116 cm³/mol. The Morgan fingerprint density at radius 3 is 2.30 bits per heavy atom. The van der Waals surface area contributed by atoms with Crippen LogP contribution in [0.25, 0.3) is 0 Å². The number of aliphatic hydroxyl groups is 1. The first-order valence-electron chi connectivity index (χ1n) is 10.3. The Balaban J connectivity index is 1.60. The van der Waals surface area contributed by atoms with Gasteiger partial charge in [-0.25, -0.2) is 0 Å². The summed E-state index contributed by atoms with van der Waals surface area (Å²) in [5.41, 5.74) is 2.59. The number of carbonyl (C=O) groups excluding carboxylic acids is 2. The van der Waals surface area contributed by atoms with Gasteiger partial charge in [0.25, 0.3) is 0 Å². The lowest BCUT2D eigenvalue weighted by Crippen LogP contribution is -2.57. The van der Waals surface area contributed by atoms with Gasteiger partial charge in [0.05, 0.1) is 13.5 Å². The third-order valence-corrected chi connectivity index (χ3v) is 5.73. The molecule has 0 aliphatic carbocycles. The average Bonchev–Trinajstić information content (AvgIpc) is 2.76. The molecule has 1 fully saturated rings. The van der Waals surface area contributed by atoms with Crippen molar-refractivity contribution in [3.05, 3.63) is 65.2 Å². The highest BCUT2D eigenvalue weighted by atomic mass is 16.5. The summed E-state index contributed by atoms with van der Waals surface area (Å²) >= 11 is 0. The molecule has 6 heteroatoms. The van der Waals surface area contributed by atoms with E-state index in [1.165, 1.54) is 0 Å². The minimum absolute atomic E-state index is 0.133. The molecule has 1 aliphatic heterocycles. The lowest BCUT2D eigenvalue weighted by molar-refractivity contribution is -0.135. The number of hydrogen-bond donors (Lipinski definition) is 1. The highest BCUT2D eigenvalue weighted by Gasteiger charge is 2.31. The molecule has 1 saturated heterocycles. The second-order valence-corrected chi connectivity index (χ2v) is 7.98. The van der Waals surface area contributed by atoms with Gasteiger partial charge in [-0.3, -0.25) is 14.5 Å². The molecule has 1 amide bonds. The van der Waals surface area contributed by atoms with Crippen LogP contribution in [-0.2, 0) is 17.8 Å². The molecular formula is C24H30N2O4. The smallest absolute Gasteiger partial charge is 0.227 e. The van der Waals surface area contributed by atoms with Crippen LogP contribution in [0.15, 0.2) is 48.5 Å². The maximum absolute atomic E-state index is 12.9. The van der Waals surface area contributed by atoms with Crippen molar-refractivity contribution in [1.29, 1.82) is 0 Å². The molecule has 6 nitrogen and oxygen atoms in total. The maximum Gasteiger partial charge on any atom is 0.227 e. The second kappa shape index (κ2) is 9.87. The number of methoxy groups -OCH3 is 1. The zero-order chi connectivity index (χ0) is 21.7. The quantitative estimate of drug-likeness (QED) is 0.711. The van der Waals surface area contributed by atoms with Crippen molar-refractivity contribution in [2.24, 2.45) is 0 Å². The topological polar surface area (TPSA) is 70.1 Å². The van der Waals surface area contributed by atoms with Crippen molar-refractivity contribution in [1.82, 2.24) is 9.80 Å². The molecule has 0 aromatic heterocycles. The van der Waals surface area contributed by atoms with E-state index in [0.717, 1.165) is 23.4 Å². The van der Waals surface area contributed by atoms with Crippen molar-refractivity contribution in [2.75, 3.05) is 26.8 Å². The first-order chi connectivity index (χ1) is 14.4. The summed E-state index contributed by atoms with van der Waals surface area (Å²) in [6.45, 7) is 5.95. The third kappa shape index (κ3) is 5.26. The Labute approximate surface area is 178 Å². The fourth-order valence-electron chi connectivity index (χ4n) is 4.04. The van der Waals surface area contributed by atoms with Crippen LogP contribution in [0.2, 0.25) is 0 Å². The fourth-order valence-corrected chi connectivity index (χ4v) is 4.04. The van der Waals surface area contributed by atoms with E-state index in [2.05, 4.69) is 18.7 Å². The van der Waals surface area contributed by atoms with Crippen molar-refractivity contribution in [3.63, 3.8) is 0 Å². The number of ether oxygens (including phenoxy) is 1. The highest BCUT2D eigenvalue weighted by Crippen LogP contribution is 2.21. The van der Waals surface area contributed by atoms with Gasteiger partial charge in [-0.2, -0.15) is 0 Å². The van der Waals surface area contributed by atoms with Gasteiger partial charge in [0.1, 0.15) is 12.4 Å². The number of amides is 1. The van der Waals surface area contributed by atoms with Crippen LogP contribution in [-0.4, -0.2) is 65.5 Å². The average molecular weight is 411 g/mol. The minimum Gasteiger partial charge on any atom is -0.497 e. The van der Waals surface area contributed by atoms with Crippen LogP contribution >= 0.6 is 0 Å². The third-order valence-electron chi connectivity index (χ3n) is 5.73. The number of nitrogens with zero attached hydrogens (tertiary/aromatic N) is 2. The molecule has 2 aromatic rings. The number of aliphatic hydroxyl groups excluding tert-OH is 1. The lowest BCUT2D eigenvalue weighted by atomic mass is 10.0. The predicted octanol–water partition coefficient (Wildman–Crippen LogP) is 2.53. The minimum atomic E-state index is -0.473. The first-order valence-corrected chi connectivity index (χ1v) is 10.3. The van der Waals surface area contributed by atoms with Crippen LogP contribution in [0, 0.1) is 0 Å². The van der Waals surface area contributed by atoms with E-state index in [0.29, 0.717) is 25.1 Å². The van der Waals surface area contributed by atoms with Gasteiger partial charge in [-0.05, 0) is 37.1 Å². The molecular weight excluding hydrogens is 380 g/mol. The summed E-state index contributed by atoms with van der Waals surface area (Å²) in [4.78, 5) is 28.8. The van der Waals surface area contributed by atoms with Gasteiger partial charge < -0.3 is 14.7 Å². The first kappa shape index (κ1) is 22.0. The SMILES string of the molecule is COc1cccc(CC(=O)N2C[C@@H](C)N(Cc3ccc(C(=O)CO)cc3)[C@@H](C)C2)c1. The number of hydrogen-bond acceptors (Lipinski definition) is 5. The summed E-state index contributed by atoms with van der Waals surface area (Å²) in [6, 6.07) is 15.5. The zero-order valence-electron chi connectivity index (χ0n) is 17.9. The van der Waals surface area contributed by atoms with E-state index >= 15 is 0 Å². The molecule has 2 aromatic carbocycles. The molecule has 3 rings (SSSR count). The summed E-state index contributed by atoms with van der Waals surface area (Å²) in [6.07, 6.45) is 0.372. The molecule has 160 valence electrons. The summed E-state index contributed by atoms with van der Waals surface area (Å²) < 4.78 is 5.25. The zero-order valence-corrected chi connectivity index (χ0v) is 17.9. The van der Waals surface area contributed by atoms with Crippen LogP contribution in [0.3, 0.4) is 0 Å². The summed E-state index contributed by atoms with van der Waals surface area (Å²) in [7, 11) is 1.63. The van der Waals surface area contributed by atoms with Crippen LogP contribution < -0.4 is 4.74 Å². The Bertz CT molecular complexity index is 869. The molecule has 0 bridgehead atoms. The Morgan fingerprint density at radius 2 is 1.70 bits per heavy atom. The van der Waals surface area contributed by atoms with E-state index in [-0.39, 0.29) is 23.8 Å².